The molecule has 1 amide bonds. The first-order valence-corrected chi connectivity index (χ1v) is 6.94. The summed E-state index contributed by atoms with van der Waals surface area (Å²) >= 11 is 0. The van der Waals surface area contributed by atoms with Crippen LogP contribution in [0.3, 0.4) is 0 Å². The van der Waals surface area contributed by atoms with Crippen LogP contribution in [0.1, 0.15) is 26.2 Å². The van der Waals surface area contributed by atoms with Gasteiger partial charge >= 0.3 is 0 Å². The second-order valence-corrected chi connectivity index (χ2v) is 5.17. The summed E-state index contributed by atoms with van der Waals surface area (Å²) in [6.07, 6.45) is 3.32. The number of amides is 1. The second kappa shape index (κ2) is 6.57. The lowest BCUT2D eigenvalue weighted by Gasteiger charge is -2.15. The second-order valence-electron chi connectivity index (χ2n) is 5.17. The predicted molar refractivity (Wildman–Crippen MR) is 76.1 cm³/mol. The standard InChI is InChI=1S/C15H22N2O2/c1-11-3-2-4-14(11)15(18)17-12-5-7-13(8-6-12)19-10-9-16/h5-8,11,14H,2-4,9-10,16H2,1H3,(H,17,18). The number of rotatable bonds is 5. The van der Waals surface area contributed by atoms with Crippen LogP contribution in [0.15, 0.2) is 24.3 Å². The normalized spacial score (nSPS) is 22.2. The fourth-order valence-electron chi connectivity index (χ4n) is 2.58. The quantitative estimate of drug-likeness (QED) is 0.856. The molecule has 0 radical (unpaired) electrons. The van der Waals surface area contributed by atoms with Crippen molar-refractivity contribution in [2.75, 3.05) is 18.5 Å². The molecule has 0 saturated heterocycles. The number of benzene rings is 1. The number of ether oxygens (including phenoxy) is 1. The summed E-state index contributed by atoms with van der Waals surface area (Å²) in [6.45, 7) is 3.16. The maximum absolute atomic E-state index is 12.1. The lowest BCUT2D eigenvalue weighted by atomic mass is 9.97. The Hall–Kier alpha value is -1.55. The van der Waals surface area contributed by atoms with E-state index < -0.39 is 0 Å². The van der Waals surface area contributed by atoms with E-state index in [1.165, 1.54) is 0 Å². The SMILES string of the molecule is CC1CCCC1C(=O)Nc1ccc(OCCN)cc1. The monoisotopic (exact) mass is 262 g/mol. The van der Waals surface area contributed by atoms with Gasteiger partial charge in [-0.15, -0.1) is 0 Å². The zero-order valence-electron chi connectivity index (χ0n) is 11.4. The van der Waals surface area contributed by atoms with Crippen molar-refractivity contribution in [3.63, 3.8) is 0 Å². The van der Waals surface area contributed by atoms with E-state index in [0.717, 1.165) is 30.7 Å². The minimum Gasteiger partial charge on any atom is -0.492 e. The van der Waals surface area contributed by atoms with Crippen LogP contribution in [-0.4, -0.2) is 19.1 Å². The summed E-state index contributed by atoms with van der Waals surface area (Å²) < 4.78 is 5.39. The zero-order chi connectivity index (χ0) is 13.7. The number of nitrogens with two attached hydrogens (primary N) is 1. The van der Waals surface area contributed by atoms with Gasteiger partial charge in [-0.3, -0.25) is 4.79 Å². The highest BCUT2D eigenvalue weighted by molar-refractivity contribution is 5.92. The van der Waals surface area contributed by atoms with E-state index in [9.17, 15) is 4.79 Å². The molecule has 2 rings (SSSR count). The Morgan fingerprint density at radius 3 is 2.68 bits per heavy atom. The summed E-state index contributed by atoms with van der Waals surface area (Å²) in [5.74, 6) is 1.57. The molecule has 1 aromatic carbocycles. The van der Waals surface area contributed by atoms with Gasteiger partial charge in [0.2, 0.25) is 5.91 Å². The number of nitrogens with one attached hydrogen (secondary N) is 1. The van der Waals surface area contributed by atoms with Crippen molar-refractivity contribution in [1.29, 1.82) is 0 Å². The third-order valence-corrected chi connectivity index (χ3v) is 3.71. The first-order valence-electron chi connectivity index (χ1n) is 6.94. The van der Waals surface area contributed by atoms with Gasteiger partial charge in [-0.2, -0.15) is 0 Å². The van der Waals surface area contributed by atoms with Crippen molar-refractivity contribution in [2.24, 2.45) is 17.6 Å². The van der Waals surface area contributed by atoms with E-state index in [2.05, 4.69) is 12.2 Å². The minimum absolute atomic E-state index is 0.139. The molecule has 1 fully saturated rings. The third kappa shape index (κ3) is 3.70. The summed E-state index contributed by atoms with van der Waals surface area (Å²) in [6, 6.07) is 7.43. The van der Waals surface area contributed by atoms with Gasteiger partial charge in [0.05, 0.1) is 0 Å². The van der Waals surface area contributed by atoms with Crippen LogP contribution >= 0.6 is 0 Å². The van der Waals surface area contributed by atoms with Gasteiger partial charge in [-0.1, -0.05) is 13.3 Å². The van der Waals surface area contributed by atoms with Crippen LogP contribution in [0.4, 0.5) is 5.69 Å². The van der Waals surface area contributed by atoms with Crippen molar-refractivity contribution in [2.45, 2.75) is 26.2 Å². The molecule has 4 heteroatoms. The zero-order valence-corrected chi connectivity index (χ0v) is 11.4. The molecule has 2 unspecified atom stereocenters. The van der Waals surface area contributed by atoms with Gasteiger partial charge in [0.1, 0.15) is 12.4 Å². The number of hydrogen-bond donors (Lipinski definition) is 2. The molecular weight excluding hydrogens is 240 g/mol. The molecule has 1 aromatic rings. The Morgan fingerprint density at radius 2 is 2.11 bits per heavy atom. The predicted octanol–water partition coefficient (Wildman–Crippen LogP) is 2.40. The van der Waals surface area contributed by atoms with Crippen molar-refractivity contribution >= 4 is 11.6 Å². The molecule has 1 aliphatic rings. The summed E-state index contributed by atoms with van der Waals surface area (Å²) in [4.78, 5) is 12.1. The Labute approximate surface area is 114 Å². The molecule has 3 N–H and O–H groups in total. The number of anilines is 1. The van der Waals surface area contributed by atoms with Crippen molar-refractivity contribution in [3.8, 4) is 5.75 Å². The number of carbonyl (C=O) groups excluding carboxylic acids is 1. The average molecular weight is 262 g/mol. The van der Waals surface area contributed by atoms with Gasteiger partial charge in [0.15, 0.2) is 0 Å². The van der Waals surface area contributed by atoms with Crippen LogP contribution in [0.2, 0.25) is 0 Å². The lowest BCUT2D eigenvalue weighted by molar-refractivity contribution is -0.120. The van der Waals surface area contributed by atoms with E-state index in [-0.39, 0.29) is 11.8 Å². The first-order chi connectivity index (χ1) is 9.20. The van der Waals surface area contributed by atoms with E-state index >= 15 is 0 Å². The smallest absolute Gasteiger partial charge is 0.227 e. The fourth-order valence-corrected chi connectivity index (χ4v) is 2.58. The highest BCUT2D eigenvalue weighted by Crippen LogP contribution is 2.32. The highest BCUT2D eigenvalue weighted by atomic mass is 16.5. The van der Waals surface area contributed by atoms with Crippen LogP contribution < -0.4 is 15.8 Å². The first kappa shape index (κ1) is 13.9. The fraction of sp³-hybridized carbons (Fsp3) is 0.533. The molecule has 4 nitrogen and oxygen atoms in total. The van der Waals surface area contributed by atoms with Gasteiger partial charge < -0.3 is 15.8 Å². The molecule has 0 heterocycles. The summed E-state index contributed by atoms with van der Waals surface area (Å²) in [5.41, 5.74) is 6.20. The Balaban J connectivity index is 1.90. The van der Waals surface area contributed by atoms with Gasteiger partial charge in [-0.25, -0.2) is 0 Å². The molecule has 0 aromatic heterocycles. The number of hydrogen-bond acceptors (Lipinski definition) is 3. The average Bonchev–Trinajstić information content (AvgIpc) is 2.84. The maximum Gasteiger partial charge on any atom is 0.227 e. The molecule has 0 aliphatic heterocycles. The van der Waals surface area contributed by atoms with Crippen LogP contribution in [-0.2, 0) is 4.79 Å². The van der Waals surface area contributed by atoms with E-state index in [1.54, 1.807) is 0 Å². The van der Waals surface area contributed by atoms with Gasteiger partial charge in [-0.05, 0) is 43.0 Å². The number of carbonyl (C=O) groups is 1. The van der Waals surface area contributed by atoms with E-state index in [4.69, 9.17) is 10.5 Å². The van der Waals surface area contributed by atoms with Crippen LogP contribution in [0.5, 0.6) is 5.75 Å². The molecular formula is C15H22N2O2. The Kier molecular flexibility index (Phi) is 4.80. The topological polar surface area (TPSA) is 64.3 Å². The molecule has 1 saturated carbocycles. The van der Waals surface area contributed by atoms with Crippen molar-refractivity contribution in [3.05, 3.63) is 24.3 Å². The van der Waals surface area contributed by atoms with Crippen LogP contribution in [0, 0.1) is 11.8 Å². The van der Waals surface area contributed by atoms with Gasteiger partial charge in [0, 0.05) is 18.2 Å². The highest BCUT2D eigenvalue weighted by Gasteiger charge is 2.29. The minimum atomic E-state index is 0.139. The Morgan fingerprint density at radius 1 is 1.37 bits per heavy atom. The Bertz CT molecular complexity index is 417. The molecule has 1 aliphatic carbocycles. The summed E-state index contributed by atoms with van der Waals surface area (Å²) in [7, 11) is 0. The maximum atomic E-state index is 12.1. The molecule has 0 spiro atoms. The molecule has 2 atom stereocenters. The molecule has 19 heavy (non-hydrogen) atoms. The van der Waals surface area contributed by atoms with Crippen molar-refractivity contribution in [1.82, 2.24) is 0 Å². The van der Waals surface area contributed by atoms with Crippen LogP contribution in [0.25, 0.3) is 0 Å². The van der Waals surface area contributed by atoms with E-state index in [0.29, 0.717) is 19.1 Å². The van der Waals surface area contributed by atoms with Gasteiger partial charge in [0.25, 0.3) is 0 Å². The molecule has 0 bridgehead atoms. The van der Waals surface area contributed by atoms with Crippen molar-refractivity contribution < 1.29 is 9.53 Å². The largest absolute Gasteiger partial charge is 0.492 e. The van der Waals surface area contributed by atoms with E-state index in [1.807, 2.05) is 24.3 Å². The lowest BCUT2D eigenvalue weighted by Crippen LogP contribution is -2.24. The molecule has 104 valence electrons. The summed E-state index contributed by atoms with van der Waals surface area (Å²) in [5, 5.41) is 2.98. The third-order valence-electron chi connectivity index (χ3n) is 3.71.